The van der Waals surface area contributed by atoms with E-state index in [-0.39, 0.29) is 39.0 Å². The summed E-state index contributed by atoms with van der Waals surface area (Å²) >= 11 is 7.58. The molecule has 6 N–H and O–H groups in total. The quantitative estimate of drug-likeness (QED) is 0.0994. The number of amides is 3. The van der Waals surface area contributed by atoms with Crippen molar-refractivity contribution in [3.05, 3.63) is 57.2 Å². The Morgan fingerprint density at radius 1 is 1.08 bits per heavy atom. The van der Waals surface area contributed by atoms with Gasteiger partial charge in [0.2, 0.25) is 27.6 Å². The summed E-state index contributed by atoms with van der Waals surface area (Å²) in [6.45, 7) is 2.60. The fourth-order valence-electron chi connectivity index (χ4n) is 6.50. The predicted molar refractivity (Wildman–Crippen MR) is 198 cm³/mol. The van der Waals surface area contributed by atoms with Crippen molar-refractivity contribution in [3.63, 3.8) is 0 Å². The van der Waals surface area contributed by atoms with Crippen LogP contribution in [0.5, 0.6) is 0 Å². The first-order chi connectivity index (χ1) is 24.4. The number of thiophene rings is 1. The van der Waals surface area contributed by atoms with Gasteiger partial charge in [0.1, 0.15) is 12.1 Å². The lowest BCUT2D eigenvalue weighted by Gasteiger charge is -2.30. The molecule has 1 aromatic heterocycles. The van der Waals surface area contributed by atoms with Gasteiger partial charge in [0.05, 0.1) is 25.0 Å². The second kappa shape index (κ2) is 20.4. The van der Waals surface area contributed by atoms with Crippen molar-refractivity contribution in [2.75, 3.05) is 39.0 Å². The van der Waals surface area contributed by atoms with Gasteiger partial charge >= 0.3 is 0 Å². The van der Waals surface area contributed by atoms with E-state index in [1.165, 1.54) is 4.90 Å². The zero-order valence-corrected chi connectivity index (χ0v) is 31.5. The first kappa shape index (κ1) is 40.8. The molecule has 2 aliphatic rings. The molecule has 51 heavy (non-hydrogen) atoms. The Labute approximate surface area is 309 Å². The Morgan fingerprint density at radius 3 is 2.49 bits per heavy atom. The monoisotopic (exact) mass is 766 g/mol. The summed E-state index contributed by atoms with van der Waals surface area (Å²) in [5.41, 5.74) is 6.53. The van der Waals surface area contributed by atoms with Gasteiger partial charge in [-0.3, -0.25) is 19.2 Å². The Morgan fingerprint density at radius 2 is 1.82 bits per heavy atom. The second-order valence-electron chi connectivity index (χ2n) is 13.3. The van der Waals surface area contributed by atoms with Crippen LogP contribution in [-0.4, -0.2) is 100 Å². The minimum absolute atomic E-state index is 0.0365. The van der Waals surface area contributed by atoms with Gasteiger partial charge in [0, 0.05) is 29.4 Å². The number of carbonyl (C=O) groups excluding carboxylic acids is 4. The van der Waals surface area contributed by atoms with Crippen molar-refractivity contribution in [3.8, 4) is 0 Å². The highest BCUT2D eigenvalue weighted by Crippen LogP contribution is 2.26. The van der Waals surface area contributed by atoms with Gasteiger partial charge in [-0.15, -0.1) is 11.3 Å². The molecule has 1 aromatic carbocycles. The van der Waals surface area contributed by atoms with Crippen molar-refractivity contribution >= 4 is 56.5 Å². The number of carbonyl (C=O) groups is 4. The summed E-state index contributed by atoms with van der Waals surface area (Å²) in [5, 5.41) is 11.2. The number of benzene rings is 1. The molecule has 0 radical (unpaired) electrons. The largest absolute Gasteiger partial charge is 0.372 e. The highest BCUT2D eigenvalue weighted by atomic mass is 35.5. The first-order valence-corrected chi connectivity index (χ1v) is 20.8. The van der Waals surface area contributed by atoms with E-state index >= 15 is 0 Å². The number of Topliss-reactive ketones (excluding diaryl/α,β-unsaturated/α-hetero) is 1. The molecule has 16 heteroatoms. The van der Waals surface area contributed by atoms with Crippen LogP contribution in [0.3, 0.4) is 0 Å². The third-order valence-electron chi connectivity index (χ3n) is 9.26. The summed E-state index contributed by atoms with van der Waals surface area (Å²) < 4.78 is 33.5. The number of ketones is 1. The van der Waals surface area contributed by atoms with Crippen molar-refractivity contribution in [1.82, 2.24) is 25.6 Å². The number of hydrogen-bond donors (Lipinski definition) is 5. The van der Waals surface area contributed by atoms with Crippen LogP contribution >= 0.6 is 22.9 Å². The molecule has 1 unspecified atom stereocenters. The van der Waals surface area contributed by atoms with Crippen molar-refractivity contribution in [1.29, 1.82) is 0 Å². The van der Waals surface area contributed by atoms with E-state index in [4.69, 9.17) is 22.1 Å². The number of nitrogens with two attached hydrogens (primary N) is 1. The van der Waals surface area contributed by atoms with Crippen LogP contribution in [0.1, 0.15) is 61.8 Å². The summed E-state index contributed by atoms with van der Waals surface area (Å²) in [6, 6.07) is 7.68. The average Bonchev–Trinajstić information content (AvgIpc) is 3.79. The lowest BCUT2D eigenvalue weighted by molar-refractivity contribution is -0.142. The zero-order chi connectivity index (χ0) is 36.8. The third-order valence-corrected chi connectivity index (χ3v) is 11.2. The highest BCUT2D eigenvalue weighted by Gasteiger charge is 2.44. The minimum Gasteiger partial charge on any atom is -0.372 e. The lowest BCUT2D eigenvalue weighted by atomic mass is 9.91. The molecule has 4 rings (SSSR count). The molecule has 13 nitrogen and oxygen atoms in total. The molecule has 2 saturated heterocycles. The number of nitrogens with zero attached hydrogens (tertiary/aromatic N) is 1. The van der Waals surface area contributed by atoms with E-state index in [0.29, 0.717) is 43.2 Å². The number of halogens is 1. The smallest absolute Gasteiger partial charge is 0.289 e. The predicted octanol–water partition coefficient (Wildman–Crippen LogP) is 2.13. The van der Waals surface area contributed by atoms with Crippen LogP contribution in [0.4, 0.5) is 0 Å². The summed E-state index contributed by atoms with van der Waals surface area (Å²) in [5.74, 6) is -2.40. The maximum absolute atomic E-state index is 14.2. The van der Waals surface area contributed by atoms with E-state index in [0.717, 1.165) is 42.6 Å². The third kappa shape index (κ3) is 13.5. The lowest BCUT2D eigenvalue weighted by Crippen LogP contribution is -2.56. The van der Waals surface area contributed by atoms with Crippen molar-refractivity contribution in [2.45, 2.75) is 88.6 Å². The first-order valence-electron chi connectivity index (χ1n) is 17.6. The zero-order valence-electron chi connectivity index (χ0n) is 29.1. The molecule has 0 saturated carbocycles. The van der Waals surface area contributed by atoms with Crippen molar-refractivity contribution < 1.29 is 32.3 Å². The minimum atomic E-state index is -3.78. The van der Waals surface area contributed by atoms with Crippen LogP contribution in [0, 0.1) is 5.92 Å². The van der Waals surface area contributed by atoms with E-state index in [1.807, 2.05) is 29.6 Å². The van der Waals surface area contributed by atoms with Gasteiger partial charge in [0.25, 0.3) is 5.91 Å². The van der Waals surface area contributed by atoms with Crippen LogP contribution in [-0.2, 0) is 47.0 Å². The molecule has 0 spiro atoms. The maximum Gasteiger partial charge on any atom is 0.289 e. The number of unbranched alkanes of at least 4 members (excludes halogenated alkanes) is 1. The second-order valence-corrected chi connectivity index (χ2v) is 16.6. The molecular weight excluding hydrogens is 716 g/mol. The standard InChI is InChI=1S/C35H51ClN6O7S2/c1-51(47,48)41-30(12-9-24-13-17-38-18-14-24)35(46)42-22-27(49-23-25-7-10-26(36)11-8-25)21-31(42)33(44)40-29(6-2-3-16-37)32(43)34(45)39-19-15-28-5-4-20-50-28/h4-5,7-8,10-11,20,24,27,29-31,38,41H,2-3,6,9,12-19,21-23,37H2,1H3,(H,39,45)(H,40,44)/t27-,29+,30-,31?/m1/s1. The van der Waals surface area contributed by atoms with Crippen LogP contribution in [0.15, 0.2) is 41.8 Å². The van der Waals surface area contributed by atoms with E-state index in [1.54, 1.807) is 23.5 Å². The Kier molecular flexibility index (Phi) is 16.3. The topological polar surface area (TPSA) is 189 Å². The van der Waals surface area contributed by atoms with Crippen LogP contribution < -0.4 is 26.4 Å². The number of nitrogens with one attached hydrogen (secondary N) is 4. The molecule has 4 atom stereocenters. The highest BCUT2D eigenvalue weighted by molar-refractivity contribution is 7.88. The van der Waals surface area contributed by atoms with Gasteiger partial charge < -0.3 is 31.3 Å². The summed E-state index contributed by atoms with van der Waals surface area (Å²) in [6.07, 6.45) is 5.16. The molecule has 3 amide bonds. The Bertz CT molecular complexity index is 1540. The molecule has 2 aromatic rings. The molecule has 3 heterocycles. The van der Waals surface area contributed by atoms with Gasteiger partial charge in [-0.05, 0) is 106 Å². The molecule has 2 fully saturated rings. The number of ether oxygens (including phenoxy) is 1. The summed E-state index contributed by atoms with van der Waals surface area (Å²) in [4.78, 5) is 57.0. The molecule has 282 valence electrons. The normalized spacial score (nSPS) is 19.4. The fraction of sp³-hybridized carbons (Fsp3) is 0.600. The van der Waals surface area contributed by atoms with Gasteiger partial charge in [-0.1, -0.05) is 29.8 Å². The van der Waals surface area contributed by atoms with Gasteiger partial charge in [-0.2, -0.15) is 0 Å². The number of likely N-dealkylation sites (tertiary alicyclic amines) is 1. The average molecular weight is 767 g/mol. The number of rotatable bonds is 20. The number of sulfonamides is 1. The van der Waals surface area contributed by atoms with E-state index < -0.39 is 57.8 Å². The molecular formula is C35H51ClN6O7S2. The maximum atomic E-state index is 14.2. The van der Waals surface area contributed by atoms with Crippen LogP contribution in [0.2, 0.25) is 5.02 Å². The van der Waals surface area contributed by atoms with E-state index in [2.05, 4.69) is 20.7 Å². The Balaban J connectivity index is 1.51. The van der Waals surface area contributed by atoms with Crippen molar-refractivity contribution in [2.24, 2.45) is 11.7 Å². The van der Waals surface area contributed by atoms with Gasteiger partial charge in [0.15, 0.2) is 0 Å². The van der Waals surface area contributed by atoms with Gasteiger partial charge in [-0.25, -0.2) is 13.1 Å². The summed E-state index contributed by atoms with van der Waals surface area (Å²) in [7, 11) is -3.78. The molecule has 0 aliphatic carbocycles. The van der Waals surface area contributed by atoms with Crippen LogP contribution in [0.25, 0.3) is 0 Å². The molecule has 2 aliphatic heterocycles. The Hall–Kier alpha value is -2.92. The number of piperidine rings is 1. The molecule has 0 bridgehead atoms. The fourth-order valence-corrected chi connectivity index (χ4v) is 8.07. The number of hydrogen-bond acceptors (Lipinski definition) is 10. The SMILES string of the molecule is CS(=O)(=O)N[C@H](CCC1CCNCC1)C(=O)N1C[C@H](OCc2ccc(Cl)cc2)CC1C(=O)N[C@@H](CCCCN)C(=O)C(=O)NCCc1cccs1. The van der Waals surface area contributed by atoms with E-state index in [9.17, 15) is 27.6 Å².